The third-order valence-electron chi connectivity index (χ3n) is 3.08. The maximum absolute atomic E-state index is 11.3. The van der Waals surface area contributed by atoms with Crippen molar-refractivity contribution < 1.29 is 4.92 Å². The Morgan fingerprint density at radius 2 is 2.00 bits per heavy atom. The number of rotatable bonds is 4. The van der Waals surface area contributed by atoms with Gasteiger partial charge in [0.05, 0.1) is 4.92 Å². The number of anilines is 1. The van der Waals surface area contributed by atoms with Crippen LogP contribution >= 0.6 is 34.7 Å². The molecule has 2 heterocycles. The first-order chi connectivity index (χ1) is 9.15. The van der Waals surface area contributed by atoms with Gasteiger partial charge in [0.15, 0.2) is 0 Å². The van der Waals surface area contributed by atoms with Crippen molar-refractivity contribution in [1.29, 1.82) is 0 Å². The van der Waals surface area contributed by atoms with Gasteiger partial charge in [-0.15, -0.1) is 11.3 Å². The maximum Gasteiger partial charge on any atom is 0.318 e. The highest BCUT2D eigenvalue weighted by Gasteiger charge is 2.30. The second-order valence-corrected chi connectivity index (χ2v) is 7.16. The van der Waals surface area contributed by atoms with Gasteiger partial charge in [-0.3, -0.25) is 10.1 Å². The van der Waals surface area contributed by atoms with Crippen LogP contribution in [0, 0.1) is 10.1 Å². The average molecular weight is 319 g/mol. The van der Waals surface area contributed by atoms with Gasteiger partial charge in [0, 0.05) is 13.1 Å². The summed E-state index contributed by atoms with van der Waals surface area (Å²) in [6.45, 7) is 5.30. The van der Waals surface area contributed by atoms with Crippen LogP contribution in [0.2, 0.25) is 4.34 Å². The van der Waals surface area contributed by atoms with Gasteiger partial charge in [0.2, 0.25) is 0 Å². The fourth-order valence-corrected chi connectivity index (χ4v) is 4.66. The fraction of sp³-hybridized carbons (Fsp3) is 0.500. The van der Waals surface area contributed by atoms with E-state index in [9.17, 15) is 10.1 Å². The minimum Gasteiger partial charge on any atom is -0.364 e. The van der Waals surface area contributed by atoms with Gasteiger partial charge in [-0.05, 0) is 18.2 Å². The first-order valence-corrected chi connectivity index (χ1v) is 8.21. The lowest BCUT2D eigenvalue weighted by molar-refractivity contribution is -0.386. The molecule has 0 spiro atoms. The predicted octanol–water partition coefficient (Wildman–Crippen LogP) is 4.93. The van der Waals surface area contributed by atoms with E-state index in [1.165, 1.54) is 35.9 Å². The number of hydrogen-bond donors (Lipinski definition) is 0. The topological polar surface area (TPSA) is 46.4 Å². The Labute approximate surface area is 125 Å². The molecule has 1 aromatic rings. The molecular formula is C12H15ClN2O2S2. The summed E-state index contributed by atoms with van der Waals surface area (Å²) in [5.41, 5.74) is 0.740. The summed E-state index contributed by atoms with van der Waals surface area (Å²) in [5.74, 6) is 0. The number of thiophene rings is 1. The lowest BCUT2D eigenvalue weighted by atomic mass is 10.2. The van der Waals surface area contributed by atoms with Gasteiger partial charge in [-0.1, -0.05) is 42.8 Å². The van der Waals surface area contributed by atoms with Crippen LogP contribution in [0.3, 0.4) is 0 Å². The summed E-state index contributed by atoms with van der Waals surface area (Å²) in [5, 5.41) is 12.9. The molecule has 2 rings (SSSR count). The molecular weight excluding hydrogens is 304 g/mol. The van der Waals surface area contributed by atoms with Crippen LogP contribution in [0.1, 0.15) is 25.7 Å². The van der Waals surface area contributed by atoms with Crippen molar-refractivity contribution in [2.24, 2.45) is 0 Å². The molecule has 0 unspecified atom stereocenters. The van der Waals surface area contributed by atoms with E-state index in [2.05, 4.69) is 11.5 Å². The normalized spacial score (nSPS) is 16.2. The Hall–Kier alpha value is -0.720. The highest BCUT2D eigenvalue weighted by Crippen LogP contribution is 2.50. The average Bonchev–Trinajstić information content (AvgIpc) is 2.55. The van der Waals surface area contributed by atoms with Crippen LogP contribution in [0.25, 0.3) is 0 Å². The zero-order chi connectivity index (χ0) is 13.8. The standard InChI is InChI=1S/C12H15ClN2O2S2/c1-2-18-12-10(15(16)17)9(11(13)19-12)14-7-5-3-4-6-8-14/h2H,1,3-8H2. The number of thioether (sulfide) groups is 1. The monoisotopic (exact) mass is 318 g/mol. The zero-order valence-corrected chi connectivity index (χ0v) is 12.8. The second-order valence-electron chi connectivity index (χ2n) is 4.30. The highest BCUT2D eigenvalue weighted by atomic mass is 35.5. The molecule has 1 saturated heterocycles. The number of halogens is 1. The molecule has 19 heavy (non-hydrogen) atoms. The Kier molecular flexibility index (Phi) is 5.13. The van der Waals surface area contributed by atoms with Crippen LogP contribution in [0.4, 0.5) is 11.4 Å². The molecule has 0 atom stereocenters. The van der Waals surface area contributed by atoms with E-state index in [-0.39, 0.29) is 10.6 Å². The van der Waals surface area contributed by atoms with Crippen LogP contribution in [-0.4, -0.2) is 18.0 Å². The van der Waals surface area contributed by atoms with E-state index in [1.54, 1.807) is 5.41 Å². The van der Waals surface area contributed by atoms with Gasteiger partial charge in [-0.2, -0.15) is 0 Å². The molecule has 0 saturated carbocycles. The van der Waals surface area contributed by atoms with Crippen molar-refractivity contribution in [2.75, 3.05) is 18.0 Å². The number of hydrogen-bond acceptors (Lipinski definition) is 5. The Balaban J connectivity index is 2.41. The van der Waals surface area contributed by atoms with E-state index in [0.29, 0.717) is 14.2 Å². The molecule has 104 valence electrons. The van der Waals surface area contributed by atoms with E-state index in [0.717, 1.165) is 25.9 Å². The SMILES string of the molecule is C=CSc1sc(Cl)c(N2CCCCCC2)c1[N+](=O)[O-]. The van der Waals surface area contributed by atoms with Gasteiger partial charge in [0.25, 0.3) is 0 Å². The second kappa shape index (κ2) is 6.63. The van der Waals surface area contributed by atoms with E-state index in [4.69, 9.17) is 11.6 Å². The van der Waals surface area contributed by atoms with Crippen LogP contribution in [0.5, 0.6) is 0 Å². The number of nitrogens with zero attached hydrogens (tertiary/aromatic N) is 2. The van der Waals surface area contributed by atoms with E-state index < -0.39 is 0 Å². The molecule has 4 nitrogen and oxygen atoms in total. The maximum atomic E-state index is 11.3. The van der Waals surface area contributed by atoms with Crippen molar-refractivity contribution in [1.82, 2.24) is 0 Å². The summed E-state index contributed by atoms with van der Waals surface area (Å²) in [4.78, 5) is 13.1. The van der Waals surface area contributed by atoms with Crippen molar-refractivity contribution in [3.8, 4) is 0 Å². The van der Waals surface area contributed by atoms with Gasteiger partial charge < -0.3 is 4.90 Å². The molecule has 1 aliphatic heterocycles. The van der Waals surface area contributed by atoms with Crippen molar-refractivity contribution >= 4 is 46.1 Å². The predicted molar refractivity (Wildman–Crippen MR) is 82.7 cm³/mol. The third-order valence-corrected chi connectivity index (χ3v) is 5.36. The Morgan fingerprint density at radius 1 is 1.37 bits per heavy atom. The van der Waals surface area contributed by atoms with Crippen LogP contribution in [-0.2, 0) is 0 Å². The molecule has 0 amide bonds. The first kappa shape index (κ1) is 14.7. The Bertz CT molecular complexity index is 482. The highest BCUT2D eigenvalue weighted by molar-refractivity contribution is 8.04. The minimum atomic E-state index is -0.325. The molecule has 7 heteroatoms. The molecule has 1 aromatic heterocycles. The summed E-state index contributed by atoms with van der Waals surface area (Å²) in [6, 6.07) is 0. The largest absolute Gasteiger partial charge is 0.364 e. The van der Waals surface area contributed by atoms with Crippen molar-refractivity contribution in [3.63, 3.8) is 0 Å². The molecule has 0 aliphatic carbocycles. The van der Waals surface area contributed by atoms with Crippen molar-refractivity contribution in [2.45, 2.75) is 29.9 Å². The molecule has 0 N–H and O–H groups in total. The molecule has 0 aromatic carbocycles. The summed E-state index contributed by atoms with van der Waals surface area (Å²) >= 11 is 8.77. The molecule has 0 radical (unpaired) electrons. The van der Waals surface area contributed by atoms with E-state index >= 15 is 0 Å². The summed E-state index contributed by atoms with van der Waals surface area (Å²) < 4.78 is 1.13. The molecule has 0 bridgehead atoms. The van der Waals surface area contributed by atoms with Gasteiger partial charge >= 0.3 is 5.69 Å². The number of nitro groups is 1. The van der Waals surface area contributed by atoms with Crippen LogP contribution < -0.4 is 4.90 Å². The van der Waals surface area contributed by atoms with Crippen molar-refractivity contribution in [3.05, 3.63) is 26.4 Å². The lowest BCUT2D eigenvalue weighted by Gasteiger charge is -2.21. The first-order valence-electron chi connectivity index (χ1n) is 6.14. The van der Waals surface area contributed by atoms with E-state index in [1.807, 2.05) is 0 Å². The molecule has 1 fully saturated rings. The zero-order valence-electron chi connectivity index (χ0n) is 10.4. The fourth-order valence-electron chi connectivity index (χ4n) is 2.25. The van der Waals surface area contributed by atoms with Gasteiger partial charge in [-0.25, -0.2) is 0 Å². The molecule has 1 aliphatic rings. The summed E-state index contributed by atoms with van der Waals surface area (Å²) in [7, 11) is 0. The quantitative estimate of drug-likeness (QED) is 0.449. The summed E-state index contributed by atoms with van der Waals surface area (Å²) in [6.07, 6.45) is 4.49. The minimum absolute atomic E-state index is 0.141. The van der Waals surface area contributed by atoms with Crippen LogP contribution in [0.15, 0.2) is 16.2 Å². The smallest absolute Gasteiger partial charge is 0.318 e. The lowest BCUT2D eigenvalue weighted by Crippen LogP contribution is -2.24. The van der Waals surface area contributed by atoms with Gasteiger partial charge in [0.1, 0.15) is 14.2 Å². The third kappa shape index (κ3) is 3.24. The Morgan fingerprint density at radius 3 is 2.53 bits per heavy atom.